The van der Waals surface area contributed by atoms with E-state index < -0.39 is 0 Å². The van der Waals surface area contributed by atoms with Gasteiger partial charge in [0, 0.05) is 10.8 Å². The van der Waals surface area contributed by atoms with Crippen molar-refractivity contribution in [1.82, 2.24) is 0 Å². The van der Waals surface area contributed by atoms with Crippen LogP contribution in [0.25, 0.3) is 21.9 Å². The van der Waals surface area contributed by atoms with Gasteiger partial charge in [-0.25, -0.2) is 0 Å². The lowest BCUT2D eigenvalue weighted by molar-refractivity contribution is 0.485. The molecule has 21 heavy (non-hydrogen) atoms. The monoisotopic (exact) mass is 275 g/mol. The largest absolute Gasteiger partial charge is 0.456 e. The number of nitrogen functional groups attached to an aromatic ring is 1. The van der Waals surface area contributed by atoms with Gasteiger partial charge in [-0.3, -0.25) is 0 Å². The van der Waals surface area contributed by atoms with E-state index in [1.165, 1.54) is 0 Å². The Kier molecular flexibility index (Phi) is 2.57. The molecule has 1 aromatic heterocycles. The highest BCUT2D eigenvalue weighted by Gasteiger charge is 2.08. The van der Waals surface area contributed by atoms with Gasteiger partial charge in [0.2, 0.25) is 0 Å². The van der Waals surface area contributed by atoms with E-state index in [1.54, 1.807) is 0 Å². The van der Waals surface area contributed by atoms with Crippen molar-refractivity contribution in [3.63, 3.8) is 0 Å². The molecule has 102 valence electrons. The zero-order valence-corrected chi connectivity index (χ0v) is 11.2. The van der Waals surface area contributed by atoms with Crippen molar-refractivity contribution in [3.05, 3.63) is 66.7 Å². The number of nitrogens with two attached hydrogens (primary N) is 1. The smallest absolute Gasteiger partial charge is 0.150 e. The first-order valence-corrected chi connectivity index (χ1v) is 6.75. The summed E-state index contributed by atoms with van der Waals surface area (Å²) in [6, 6.07) is 21.2. The lowest BCUT2D eigenvalue weighted by atomic mass is 10.1. The van der Waals surface area contributed by atoms with Crippen molar-refractivity contribution >= 4 is 27.6 Å². The van der Waals surface area contributed by atoms with E-state index in [9.17, 15) is 0 Å². The van der Waals surface area contributed by atoms with Gasteiger partial charge in [-0.05, 0) is 36.4 Å². The van der Waals surface area contributed by atoms with Crippen molar-refractivity contribution in [3.8, 4) is 11.5 Å². The van der Waals surface area contributed by atoms with E-state index in [0.29, 0.717) is 11.4 Å². The van der Waals surface area contributed by atoms with Crippen molar-refractivity contribution in [2.75, 3.05) is 5.73 Å². The summed E-state index contributed by atoms with van der Waals surface area (Å²) in [5.41, 5.74) is 8.26. The molecular weight excluding hydrogens is 262 g/mol. The minimum Gasteiger partial charge on any atom is -0.456 e. The van der Waals surface area contributed by atoms with Crippen LogP contribution in [0.4, 0.5) is 5.69 Å². The number of anilines is 1. The summed E-state index contributed by atoms with van der Waals surface area (Å²) in [4.78, 5) is 0. The summed E-state index contributed by atoms with van der Waals surface area (Å²) in [7, 11) is 0. The van der Waals surface area contributed by atoms with E-state index in [2.05, 4.69) is 0 Å². The quantitative estimate of drug-likeness (QED) is 0.526. The summed E-state index contributed by atoms with van der Waals surface area (Å²) >= 11 is 0. The number of para-hydroxylation sites is 3. The number of furan rings is 1. The summed E-state index contributed by atoms with van der Waals surface area (Å²) in [5, 5.41) is 2.12. The SMILES string of the molecule is Nc1ccccc1Oc1ccc2oc3ccccc3c2c1. The first kappa shape index (κ1) is 11.9. The molecule has 4 aromatic rings. The van der Waals surface area contributed by atoms with E-state index in [4.69, 9.17) is 14.9 Å². The molecule has 0 aliphatic heterocycles. The Bertz CT molecular complexity index is 940. The van der Waals surface area contributed by atoms with Gasteiger partial charge in [0.05, 0.1) is 5.69 Å². The van der Waals surface area contributed by atoms with Crippen molar-refractivity contribution in [1.29, 1.82) is 0 Å². The maximum Gasteiger partial charge on any atom is 0.150 e. The fraction of sp³-hybridized carbons (Fsp3) is 0. The van der Waals surface area contributed by atoms with Crippen LogP contribution in [0.2, 0.25) is 0 Å². The van der Waals surface area contributed by atoms with Gasteiger partial charge >= 0.3 is 0 Å². The molecule has 0 aliphatic carbocycles. The van der Waals surface area contributed by atoms with Crippen LogP contribution in [0.15, 0.2) is 71.1 Å². The molecule has 3 aromatic carbocycles. The molecule has 3 heteroatoms. The highest BCUT2D eigenvalue weighted by molar-refractivity contribution is 6.05. The molecule has 0 unspecified atom stereocenters. The maximum absolute atomic E-state index is 5.91. The standard InChI is InChI=1S/C18H13NO2/c19-15-6-2-4-8-18(15)20-12-9-10-17-14(11-12)13-5-1-3-7-16(13)21-17/h1-11H,19H2. The van der Waals surface area contributed by atoms with Crippen LogP contribution in [0.5, 0.6) is 11.5 Å². The van der Waals surface area contributed by atoms with Crippen LogP contribution in [0.3, 0.4) is 0 Å². The highest BCUT2D eigenvalue weighted by atomic mass is 16.5. The average molecular weight is 275 g/mol. The molecule has 0 spiro atoms. The van der Waals surface area contributed by atoms with Crippen LogP contribution in [0, 0.1) is 0 Å². The number of hydrogen-bond donors (Lipinski definition) is 1. The Morgan fingerprint density at radius 3 is 2.43 bits per heavy atom. The lowest BCUT2D eigenvalue weighted by Gasteiger charge is -2.07. The van der Waals surface area contributed by atoms with Crippen molar-refractivity contribution in [2.45, 2.75) is 0 Å². The molecule has 0 aliphatic rings. The van der Waals surface area contributed by atoms with Gasteiger partial charge in [0.25, 0.3) is 0 Å². The Labute approximate surface area is 121 Å². The molecule has 0 saturated heterocycles. The average Bonchev–Trinajstić information content (AvgIpc) is 2.88. The summed E-state index contributed by atoms with van der Waals surface area (Å²) in [5.74, 6) is 1.40. The first-order chi connectivity index (χ1) is 10.3. The van der Waals surface area contributed by atoms with Crippen molar-refractivity contribution in [2.24, 2.45) is 0 Å². The topological polar surface area (TPSA) is 48.4 Å². The zero-order valence-electron chi connectivity index (χ0n) is 11.2. The Morgan fingerprint density at radius 1 is 0.762 bits per heavy atom. The molecule has 0 atom stereocenters. The number of benzene rings is 3. The van der Waals surface area contributed by atoms with E-state index in [0.717, 1.165) is 27.7 Å². The minimum absolute atomic E-state index is 0.620. The van der Waals surface area contributed by atoms with E-state index in [-0.39, 0.29) is 0 Å². The molecule has 0 fully saturated rings. The molecule has 1 heterocycles. The number of hydrogen-bond acceptors (Lipinski definition) is 3. The normalized spacial score (nSPS) is 11.0. The number of fused-ring (bicyclic) bond motifs is 3. The maximum atomic E-state index is 5.91. The second kappa shape index (κ2) is 4.56. The molecular formula is C18H13NO2. The first-order valence-electron chi connectivity index (χ1n) is 6.75. The zero-order chi connectivity index (χ0) is 14.2. The summed E-state index contributed by atoms with van der Waals surface area (Å²) in [6.07, 6.45) is 0. The van der Waals surface area contributed by atoms with Gasteiger partial charge in [0.15, 0.2) is 0 Å². The minimum atomic E-state index is 0.620. The molecule has 0 saturated carbocycles. The van der Waals surface area contributed by atoms with Crippen LogP contribution in [-0.4, -0.2) is 0 Å². The van der Waals surface area contributed by atoms with Gasteiger partial charge in [-0.15, -0.1) is 0 Å². The van der Waals surface area contributed by atoms with Crippen LogP contribution in [0.1, 0.15) is 0 Å². The molecule has 0 amide bonds. The molecule has 0 radical (unpaired) electrons. The fourth-order valence-corrected chi connectivity index (χ4v) is 2.47. The third kappa shape index (κ3) is 1.99. The Morgan fingerprint density at radius 2 is 1.52 bits per heavy atom. The summed E-state index contributed by atoms with van der Waals surface area (Å²) < 4.78 is 11.7. The van der Waals surface area contributed by atoms with Gasteiger partial charge in [-0.1, -0.05) is 30.3 Å². The Balaban J connectivity index is 1.83. The number of ether oxygens (including phenoxy) is 1. The molecule has 4 rings (SSSR count). The number of rotatable bonds is 2. The predicted octanol–water partition coefficient (Wildman–Crippen LogP) is 4.96. The third-order valence-electron chi connectivity index (χ3n) is 3.49. The van der Waals surface area contributed by atoms with Gasteiger partial charge < -0.3 is 14.9 Å². The molecule has 2 N–H and O–H groups in total. The fourth-order valence-electron chi connectivity index (χ4n) is 2.47. The second-order valence-electron chi connectivity index (χ2n) is 4.90. The highest BCUT2D eigenvalue weighted by Crippen LogP contribution is 2.33. The molecule has 0 bridgehead atoms. The van der Waals surface area contributed by atoms with Gasteiger partial charge in [-0.2, -0.15) is 0 Å². The summed E-state index contributed by atoms with van der Waals surface area (Å²) in [6.45, 7) is 0. The van der Waals surface area contributed by atoms with E-state index >= 15 is 0 Å². The molecule has 3 nitrogen and oxygen atoms in total. The predicted molar refractivity (Wildman–Crippen MR) is 84.6 cm³/mol. The second-order valence-corrected chi connectivity index (χ2v) is 4.90. The Hall–Kier alpha value is -2.94. The van der Waals surface area contributed by atoms with Crippen LogP contribution in [-0.2, 0) is 0 Å². The lowest BCUT2D eigenvalue weighted by Crippen LogP contribution is -1.91. The van der Waals surface area contributed by atoms with Crippen LogP contribution < -0.4 is 10.5 Å². The van der Waals surface area contributed by atoms with E-state index in [1.807, 2.05) is 66.7 Å². The van der Waals surface area contributed by atoms with Crippen molar-refractivity contribution < 1.29 is 9.15 Å². The third-order valence-corrected chi connectivity index (χ3v) is 3.49. The van der Waals surface area contributed by atoms with Gasteiger partial charge in [0.1, 0.15) is 22.7 Å². The van der Waals surface area contributed by atoms with Crippen LogP contribution >= 0.6 is 0 Å².